The van der Waals surface area contributed by atoms with Crippen LogP contribution in [0.3, 0.4) is 0 Å². The van der Waals surface area contributed by atoms with Crippen molar-refractivity contribution in [2.75, 3.05) is 24.8 Å². The number of amides is 2. The Morgan fingerprint density at radius 3 is 2.75 bits per heavy atom. The maximum Gasteiger partial charge on any atom is 0.240 e. The van der Waals surface area contributed by atoms with E-state index in [2.05, 4.69) is 5.32 Å². The Morgan fingerprint density at radius 2 is 2.05 bits per heavy atom. The number of nitrogens with one attached hydrogen (secondary N) is 1. The quantitative estimate of drug-likeness (QED) is 0.881. The monoisotopic (exact) mass is 278 g/mol. The molecule has 1 N–H and O–H groups in total. The summed E-state index contributed by atoms with van der Waals surface area (Å²) in [5.41, 5.74) is 0.619. The van der Waals surface area contributed by atoms with Gasteiger partial charge in [-0.15, -0.1) is 0 Å². The van der Waals surface area contributed by atoms with Gasteiger partial charge in [-0.3, -0.25) is 9.59 Å². The molecule has 6 nitrogen and oxygen atoms in total. The van der Waals surface area contributed by atoms with Crippen LogP contribution in [0, 0.1) is 0 Å². The van der Waals surface area contributed by atoms with Gasteiger partial charge in [-0.2, -0.15) is 0 Å². The van der Waals surface area contributed by atoms with Gasteiger partial charge in [0.05, 0.1) is 0 Å². The summed E-state index contributed by atoms with van der Waals surface area (Å²) >= 11 is 0. The second kappa shape index (κ2) is 6.27. The molecule has 108 valence electrons. The van der Waals surface area contributed by atoms with E-state index in [9.17, 15) is 9.59 Å². The van der Waals surface area contributed by atoms with Crippen LogP contribution in [-0.4, -0.2) is 31.7 Å². The van der Waals surface area contributed by atoms with E-state index in [0.717, 1.165) is 6.42 Å². The smallest absolute Gasteiger partial charge is 0.240 e. The number of hydrogen-bond donors (Lipinski definition) is 1. The van der Waals surface area contributed by atoms with E-state index in [1.54, 1.807) is 18.2 Å². The molecule has 0 aromatic heterocycles. The van der Waals surface area contributed by atoms with Gasteiger partial charge < -0.3 is 19.7 Å². The Kier molecular flexibility index (Phi) is 4.45. The lowest BCUT2D eigenvalue weighted by Gasteiger charge is -2.20. The van der Waals surface area contributed by atoms with Crippen molar-refractivity contribution >= 4 is 17.5 Å². The van der Waals surface area contributed by atoms with Crippen molar-refractivity contribution in [3.05, 3.63) is 18.2 Å². The van der Waals surface area contributed by atoms with E-state index in [4.69, 9.17) is 9.47 Å². The minimum Gasteiger partial charge on any atom is -0.454 e. The Labute approximate surface area is 117 Å². The zero-order valence-corrected chi connectivity index (χ0v) is 11.6. The van der Waals surface area contributed by atoms with Gasteiger partial charge in [0, 0.05) is 25.2 Å². The Morgan fingerprint density at radius 1 is 1.30 bits per heavy atom. The lowest BCUT2D eigenvalue weighted by atomic mass is 10.2. The van der Waals surface area contributed by atoms with Gasteiger partial charge in [-0.25, -0.2) is 0 Å². The molecule has 20 heavy (non-hydrogen) atoms. The Hall–Kier alpha value is -2.24. The summed E-state index contributed by atoms with van der Waals surface area (Å²) in [6.45, 7) is 4.18. The molecule has 0 atom stereocenters. The van der Waals surface area contributed by atoms with Crippen LogP contribution in [0.2, 0.25) is 0 Å². The summed E-state index contributed by atoms with van der Waals surface area (Å²) in [6.07, 6.45) is 0.857. The van der Waals surface area contributed by atoms with Crippen LogP contribution in [0.1, 0.15) is 20.3 Å². The second-order valence-corrected chi connectivity index (χ2v) is 4.49. The highest BCUT2D eigenvalue weighted by atomic mass is 16.7. The summed E-state index contributed by atoms with van der Waals surface area (Å²) < 4.78 is 10.5. The molecule has 6 heteroatoms. The highest BCUT2D eigenvalue weighted by Gasteiger charge is 2.19. The third-order valence-electron chi connectivity index (χ3n) is 2.92. The van der Waals surface area contributed by atoms with E-state index in [-0.39, 0.29) is 25.2 Å². The molecule has 2 rings (SSSR count). The molecule has 0 saturated carbocycles. The van der Waals surface area contributed by atoms with Crippen molar-refractivity contribution in [2.24, 2.45) is 0 Å². The topological polar surface area (TPSA) is 67.9 Å². The molecule has 0 spiro atoms. The average Bonchev–Trinajstić information content (AvgIpc) is 2.89. The zero-order chi connectivity index (χ0) is 14.5. The van der Waals surface area contributed by atoms with Gasteiger partial charge in [0.15, 0.2) is 11.5 Å². The SMILES string of the molecule is CCCNC(=O)CN(C(C)=O)c1ccc2c(c1)OCO2. The third-order valence-corrected chi connectivity index (χ3v) is 2.92. The fourth-order valence-electron chi connectivity index (χ4n) is 1.90. The number of carbonyl (C=O) groups excluding carboxylic acids is 2. The zero-order valence-electron chi connectivity index (χ0n) is 11.6. The van der Waals surface area contributed by atoms with Crippen molar-refractivity contribution in [1.29, 1.82) is 0 Å². The molecule has 0 saturated heterocycles. The van der Waals surface area contributed by atoms with Crippen LogP contribution in [0.15, 0.2) is 18.2 Å². The van der Waals surface area contributed by atoms with E-state index >= 15 is 0 Å². The summed E-state index contributed by atoms with van der Waals surface area (Å²) in [5, 5.41) is 2.75. The van der Waals surface area contributed by atoms with Crippen molar-refractivity contribution < 1.29 is 19.1 Å². The largest absolute Gasteiger partial charge is 0.454 e. The number of benzene rings is 1. The van der Waals surface area contributed by atoms with Crippen LogP contribution in [0.5, 0.6) is 11.5 Å². The van der Waals surface area contributed by atoms with Crippen LogP contribution in [0.4, 0.5) is 5.69 Å². The van der Waals surface area contributed by atoms with E-state index in [0.29, 0.717) is 23.7 Å². The van der Waals surface area contributed by atoms with Crippen molar-refractivity contribution in [2.45, 2.75) is 20.3 Å². The molecule has 0 radical (unpaired) electrons. The number of rotatable bonds is 5. The molecule has 1 aliphatic heterocycles. The summed E-state index contributed by atoms with van der Waals surface area (Å²) in [7, 11) is 0. The fourth-order valence-corrected chi connectivity index (χ4v) is 1.90. The fraction of sp³-hybridized carbons (Fsp3) is 0.429. The molecule has 1 heterocycles. The second-order valence-electron chi connectivity index (χ2n) is 4.49. The Balaban J connectivity index is 2.12. The molecule has 0 fully saturated rings. The predicted molar refractivity (Wildman–Crippen MR) is 73.9 cm³/mol. The van der Waals surface area contributed by atoms with Crippen LogP contribution >= 0.6 is 0 Å². The first-order chi connectivity index (χ1) is 9.61. The molecule has 0 aliphatic carbocycles. The van der Waals surface area contributed by atoms with Gasteiger partial charge in [0.1, 0.15) is 6.54 Å². The van der Waals surface area contributed by atoms with Crippen molar-refractivity contribution in [3.63, 3.8) is 0 Å². The number of fused-ring (bicyclic) bond motifs is 1. The van der Waals surface area contributed by atoms with Gasteiger partial charge in [0.25, 0.3) is 0 Å². The molecular weight excluding hydrogens is 260 g/mol. The number of carbonyl (C=O) groups is 2. The standard InChI is InChI=1S/C14H18N2O4/c1-3-6-15-14(18)8-16(10(2)17)11-4-5-12-13(7-11)20-9-19-12/h4-5,7H,3,6,8-9H2,1-2H3,(H,15,18). The van der Waals surface area contributed by atoms with Crippen molar-refractivity contribution in [3.8, 4) is 11.5 Å². The molecule has 1 aliphatic rings. The van der Waals surface area contributed by atoms with Crippen molar-refractivity contribution in [1.82, 2.24) is 5.32 Å². The number of anilines is 1. The van der Waals surface area contributed by atoms with E-state index in [1.807, 2.05) is 6.92 Å². The normalized spacial score (nSPS) is 12.1. The van der Waals surface area contributed by atoms with Crippen LogP contribution in [-0.2, 0) is 9.59 Å². The highest BCUT2D eigenvalue weighted by Crippen LogP contribution is 2.35. The van der Waals surface area contributed by atoms with Gasteiger partial charge in [-0.05, 0) is 18.6 Å². The maximum atomic E-state index is 11.8. The average molecular weight is 278 g/mol. The minimum absolute atomic E-state index is 0.00498. The van der Waals surface area contributed by atoms with E-state index < -0.39 is 0 Å². The Bertz CT molecular complexity index is 516. The molecule has 2 amide bonds. The summed E-state index contributed by atoms with van der Waals surface area (Å²) in [4.78, 5) is 24.9. The highest BCUT2D eigenvalue weighted by molar-refractivity contribution is 5.97. The lowest BCUT2D eigenvalue weighted by molar-refractivity contribution is -0.123. The van der Waals surface area contributed by atoms with Gasteiger partial charge >= 0.3 is 0 Å². The summed E-state index contributed by atoms with van der Waals surface area (Å²) in [6, 6.07) is 5.18. The third kappa shape index (κ3) is 3.20. The molecular formula is C14H18N2O4. The van der Waals surface area contributed by atoms with E-state index in [1.165, 1.54) is 11.8 Å². The van der Waals surface area contributed by atoms with Gasteiger partial charge in [-0.1, -0.05) is 6.92 Å². The molecule has 1 aromatic rings. The number of nitrogens with zero attached hydrogens (tertiary/aromatic N) is 1. The number of ether oxygens (including phenoxy) is 2. The number of hydrogen-bond acceptors (Lipinski definition) is 4. The first kappa shape index (κ1) is 14.2. The van der Waals surface area contributed by atoms with Crippen LogP contribution < -0.4 is 19.7 Å². The minimum atomic E-state index is -0.199. The molecule has 0 bridgehead atoms. The first-order valence-corrected chi connectivity index (χ1v) is 6.56. The predicted octanol–water partition coefficient (Wildman–Crippen LogP) is 1.29. The molecule has 0 unspecified atom stereocenters. The maximum absolute atomic E-state index is 11.8. The van der Waals surface area contributed by atoms with Crippen LogP contribution in [0.25, 0.3) is 0 Å². The summed E-state index contributed by atoms with van der Waals surface area (Å²) in [5.74, 6) is 0.852. The lowest BCUT2D eigenvalue weighted by Crippen LogP contribution is -2.40. The molecule has 1 aromatic carbocycles. The first-order valence-electron chi connectivity index (χ1n) is 6.56. The van der Waals surface area contributed by atoms with Gasteiger partial charge in [0.2, 0.25) is 18.6 Å².